The first-order valence-electron chi connectivity index (χ1n) is 3.95. The summed E-state index contributed by atoms with van der Waals surface area (Å²) >= 11 is 0. The molecule has 0 spiro atoms. The Labute approximate surface area is 62.6 Å². The summed E-state index contributed by atoms with van der Waals surface area (Å²) in [6.45, 7) is 7.28. The van der Waals surface area contributed by atoms with E-state index in [-0.39, 0.29) is 11.6 Å². The van der Waals surface area contributed by atoms with Gasteiger partial charge in [0, 0.05) is 5.54 Å². The lowest BCUT2D eigenvalue weighted by Gasteiger charge is -2.39. The topological polar surface area (TPSA) is 32.3 Å². The number of aliphatic hydroxyl groups excluding tert-OH is 1. The van der Waals surface area contributed by atoms with E-state index in [0.717, 1.165) is 13.0 Å². The first kappa shape index (κ1) is 8.02. The van der Waals surface area contributed by atoms with Gasteiger partial charge in [0.15, 0.2) is 0 Å². The van der Waals surface area contributed by atoms with Gasteiger partial charge in [0.2, 0.25) is 0 Å². The highest BCUT2D eigenvalue weighted by atomic mass is 16.3. The first-order valence-corrected chi connectivity index (χ1v) is 3.95. The van der Waals surface area contributed by atoms with E-state index < -0.39 is 0 Å². The van der Waals surface area contributed by atoms with Crippen LogP contribution in [0.2, 0.25) is 0 Å². The molecule has 2 nitrogen and oxygen atoms in total. The maximum absolute atomic E-state index is 9.54. The fraction of sp³-hybridized carbons (Fsp3) is 1.00. The fourth-order valence-corrected chi connectivity index (χ4v) is 1.31. The Hall–Kier alpha value is -0.0800. The van der Waals surface area contributed by atoms with Crippen LogP contribution in [0.15, 0.2) is 0 Å². The number of rotatable bonds is 0. The van der Waals surface area contributed by atoms with Crippen LogP contribution in [0.3, 0.4) is 0 Å². The fourth-order valence-electron chi connectivity index (χ4n) is 1.31. The molecule has 10 heavy (non-hydrogen) atoms. The second-order valence-corrected chi connectivity index (χ2v) is 3.96. The molecule has 1 saturated heterocycles. The standard InChI is InChI=1S/C8H17NO/c1-6-4-7(10)8(2,3)9-5-6/h6-7,9-10H,4-5H2,1-3H3/t6-,7-/m1/s1. The minimum absolute atomic E-state index is 0.0769. The van der Waals surface area contributed by atoms with Crippen LogP contribution < -0.4 is 5.32 Å². The first-order chi connectivity index (χ1) is 4.52. The summed E-state index contributed by atoms with van der Waals surface area (Å²) in [6, 6.07) is 0. The van der Waals surface area contributed by atoms with Gasteiger partial charge in [0.05, 0.1) is 6.10 Å². The van der Waals surface area contributed by atoms with Crippen LogP contribution in [0.4, 0.5) is 0 Å². The van der Waals surface area contributed by atoms with Gasteiger partial charge in [-0.2, -0.15) is 0 Å². The molecule has 2 atom stereocenters. The van der Waals surface area contributed by atoms with E-state index in [9.17, 15) is 5.11 Å². The third kappa shape index (κ3) is 1.50. The van der Waals surface area contributed by atoms with Crippen molar-refractivity contribution in [2.45, 2.75) is 38.8 Å². The average Bonchev–Trinajstić information content (AvgIpc) is 1.81. The summed E-state index contributed by atoms with van der Waals surface area (Å²) < 4.78 is 0. The lowest BCUT2D eigenvalue weighted by molar-refractivity contribution is 0.0319. The molecule has 0 aliphatic carbocycles. The van der Waals surface area contributed by atoms with Gasteiger partial charge in [0.1, 0.15) is 0 Å². The number of hydrogen-bond acceptors (Lipinski definition) is 2. The Morgan fingerprint density at radius 2 is 2.10 bits per heavy atom. The molecule has 1 fully saturated rings. The Kier molecular flexibility index (Phi) is 2.02. The number of nitrogens with one attached hydrogen (secondary N) is 1. The third-order valence-electron chi connectivity index (χ3n) is 2.36. The van der Waals surface area contributed by atoms with Gasteiger partial charge in [0.25, 0.3) is 0 Å². The van der Waals surface area contributed by atoms with E-state index >= 15 is 0 Å². The van der Waals surface area contributed by atoms with Crippen LogP contribution in [-0.4, -0.2) is 23.3 Å². The molecule has 0 unspecified atom stereocenters. The Morgan fingerprint density at radius 1 is 1.50 bits per heavy atom. The summed E-state index contributed by atoms with van der Waals surface area (Å²) in [5, 5.41) is 12.9. The molecule has 0 aromatic rings. The van der Waals surface area contributed by atoms with Crippen LogP contribution in [0.1, 0.15) is 27.2 Å². The molecule has 0 aromatic heterocycles. The zero-order valence-corrected chi connectivity index (χ0v) is 7.02. The molecule has 0 bridgehead atoms. The molecule has 2 N–H and O–H groups in total. The van der Waals surface area contributed by atoms with Crippen molar-refractivity contribution in [1.82, 2.24) is 5.32 Å². The number of piperidine rings is 1. The zero-order chi connectivity index (χ0) is 7.78. The van der Waals surface area contributed by atoms with Crippen molar-refractivity contribution >= 4 is 0 Å². The molecular formula is C8H17NO. The second kappa shape index (κ2) is 2.51. The molecule has 60 valence electrons. The molecule has 0 aromatic carbocycles. The molecule has 1 aliphatic rings. The normalized spacial score (nSPS) is 39.6. The molecule has 0 amide bonds. The van der Waals surface area contributed by atoms with Gasteiger partial charge in [-0.25, -0.2) is 0 Å². The molecule has 1 heterocycles. The highest BCUT2D eigenvalue weighted by Gasteiger charge is 2.32. The van der Waals surface area contributed by atoms with E-state index in [0.29, 0.717) is 5.92 Å². The van der Waals surface area contributed by atoms with Gasteiger partial charge >= 0.3 is 0 Å². The molecule has 1 aliphatic heterocycles. The largest absolute Gasteiger partial charge is 0.391 e. The summed E-state index contributed by atoms with van der Waals surface area (Å²) in [5.74, 6) is 0.614. The lowest BCUT2D eigenvalue weighted by atomic mass is 9.85. The van der Waals surface area contributed by atoms with Crippen LogP contribution in [0.5, 0.6) is 0 Å². The minimum atomic E-state index is -0.184. The van der Waals surface area contributed by atoms with E-state index in [1.54, 1.807) is 0 Å². The van der Waals surface area contributed by atoms with E-state index in [1.807, 2.05) is 13.8 Å². The minimum Gasteiger partial charge on any atom is -0.391 e. The van der Waals surface area contributed by atoms with E-state index in [4.69, 9.17) is 0 Å². The summed E-state index contributed by atoms with van der Waals surface area (Å²) in [7, 11) is 0. The van der Waals surface area contributed by atoms with Crippen molar-refractivity contribution in [3.63, 3.8) is 0 Å². The van der Waals surface area contributed by atoms with E-state index in [2.05, 4.69) is 12.2 Å². The van der Waals surface area contributed by atoms with Gasteiger partial charge in [-0.1, -0.05) is 6.92 Å². The molecular weight excluding hydrogens is 126 g/mol. The average molecular weight is 143 g/mol. The van der Waals surface area contributed by atoms with Crippen molar-refractivity contribution in [3.05, 3.63) is 0 Å². The van der Waals surface area contributed by atoms with Crippen LogP contribution in [0, 0.1) is 5.92 Å². The maximum atomic E-state index is 9.54. The Morgan fingerprint density at radius 3 is 2.50 bits per heavy atom. The quantitative estimate of drug-likeness (QED) is 0.524. The van der Waals surface area contributed by atoms with Crippen LogP contribution >= 0.6 is 0 Å². The highest BCUT2D eigenvalue weighted by molar-refractivity contribution is 4.91. The maximum Gasteiger partial charge on any atom is 0.0719 e. The Balaban J connectivity index is 2.52. The van der Waals surface area contributed by atoms with Crippen molar-refractivity contribution in [2.24, 2.45) is 5.92 Å². The predicted octanol–water partition coefficient (Wildman–Crippen LogP) is 0.755. The van der Waals surface area contributed by atoms with Crippen molar-refractivity contribution < 1.29 is 5.11 Å². The third-order valence-corrected chi connectivity index (χ3v) is 2.36. The van der Waals surface area contributed by atoms with Crippen LogP contribution in [0.25, 0.3) is 0 Å². The highest BCUT2D eigenvalue weighted by Crippen LogP contribution is 2.21. The van der Waals surface area contributed by atoms with Gasteiger partial charge in [-0.05, 0) is 32.7 Å². The molecule has 0 radical (unpaired) electrons. The molecule has 0 saturated carbocycles. The second-order valence-electron chi connectivity index (χ2n) is 3.96. The summed E-state index contributed by atoms with van der Waals surface area (Å²) in [6.07, 6.45) is 0.747. The Bertz CT molecular complexity index is 122. The SMILES string of the molecule is C[C@H]1CNC(C)(C)[C@H](O)C1. The van der Waals surface area contributed by atoms with Gasteiger partial charge < -0.3 is 10.4 Å². The molecule has 2 heteroatoms. The van der Waals surface area contributed by atoms with Crippen LogP contribution in [-0.2, 0) is 0 Å². The summed E-state index contributed by atoms with van der Waals surface area (Å²) in [4.78, 5) is 0. The smallest absolute Gasteiger partial charge is 0.0719 e. The lowest BCUT2D eigenvalue weighted by Crippen LogP contribution is -2.55. The van der Waals surface area contributed by atoms with Crippen molar-refractivity contribution in [1.29, 1.82) is 0 Å². The summed E-state index contributed by atoms with van der Waals surface area (Å²) in [5.41, 5.74) is -0.0769. The number of aliphatic hydroxyl groups is 1. The van der Waals surface area contributed by atoms with E-state index in [1.165, 1.54) is 0 Å². The van der Waals surface area contributed by atoms with Crippen molar-refractivity contribution in [3.8, 4) is 0 Å². The monoisotopic (exact) mass is 143 g/mol. The number of hydrogen-bond donors (Lipinski definition) is 2. The van der Waals surface area contributed by atoms with Crippen molar-refractivity contribution in [2.75, 3.05) is 6.54 Å². The zero-order valence-electron chi connectivity index (χ0n) is 7.02. The van der Waals surface area contributed by atoms with Gasteiger partial charge in [-0.3, -0.25) is 0 Å². The molecule has 1 rings (SSSR count). The van der Waals surface area contributed by atoms with Gasteiger partial charge in [-0.15, -0.1) is 0 Å². The predicted molar refractivity (Wildman–Crippen MR) is 41.9 cm³/mol.